The van der Waals surface area contributed by atoms with E-state index in [0.717, 1.165) is 45.1 Å². The molecular weight excluding hydrogens is 552 g/mol. The molecule has 7 rings (SSSR count). The number of likely N-dealkylation sites (N-methyl/N-ethyl adjacent to an activating group) is 1. The zero-order valence-electron chi connectivity index (χ0n) is 26.2. The van der Waals surface area contributed by atoms with Crippen molar-refractivity contribution in [2.24, 2.45) is 5.41 Å². The molecule has 11 heteroatoms. The van der Waals surface area contributed by atoms with Crippen molar-refractivity contribution in [3.05, 3.63) is 36.2 Å². The van der Waals surface area contributed by atoms with Gasteiger partial charge >= 0.3 is 0 Å². The molecule has 4 fully saturated rings. The molecule has 3 aliphatic carbocycles. The highest BCUT2D eigenvalue weighted by Crippen LogP contribution is 2.54. The van der Waals surface area contributed by atoms with Crippen LogP contribution in [-0.4, -0.2) is 87.1 Å². The Labute approximate surface area is 253 Å². The lowest BCUT2D eigenvalue weighted by molar-refractivity contribution is -0.0676. The fraction of sp³-hybridized carbons (Fsp3) is 0.656. The van der Waals surface area contributed by atoms with Gasteiger partial charge in [0.15, 0.2) is 5.82 Å². The molecule has 236 valence electrons. The molecule has 3 heterocycles. The van der Waals surface area contributed by atoms with Crippen LogP contribution in [-0.2, 0) is 4.74 Å². The van der Waals surface area contributed by atoms with E-state index in [9.17, 15) is 13.9 Å². The Morgan fingerprint density at radius 1 is 1.00 bits per heavy atom. The van der Waals surface area contributed by atoms with Gasteiger partial charge in [-0.05, 0) is 77.0 Å². The molecule has 3 saturated carbocycles. The Hall–Kier alpha value is -2.89. The second-order valence-electron chi connectivity index (χ2n) is 12.8. The minimum absolute atomic E-state index is 0.144. The van der Waals surface area contributed by atoms with Crippen molar-refractivity contribution in [3.8, 4) is 5.82 Å². The van der Waals surface area contributed by atoms with Gasteiger partial charge in [0.25, 0.3) is 6.43 Å². The number of nitrogens with zero attached hydrogens (tertiary/aromatic N) is 6. The number of rotatable bonds is 9. The predicted octanol–water partition coefficient (Wildman–Crippen LogP) is 5.82. The Morgan fingerprint density at radius 2 is 1.63 bits per heavy atom. The fourth-order valence-electron chi connectivity index (χ4n) is 7.10. The van der Waals surface area contributed by atoms with E-state index in [1.807, 2.05) is 33.8 Å². The van der Waals surface area contributed by atoms with Crippen LogP contribution in [0.2, 0.25) is 0 Å². The maximum Gasteiger partial charge on any atom is 0.296 e. The highest BCUT2D eigenvalue weighted by Gasteiger charge is 2.50. The quantitative estimate of drug-likeness (QED) is 0.318. The molecule has 0 amide bonds. The van der Waals surface area contributed by atoms with E-state index < -0.39 is 12.0 Å². The number of β-amino-alcohol motifs (C(OH)–C–C–N with tert-alkyl or cyclic N) is 1. The molecule has 0 radical (unpaired) electrons. The van der Waals surface area contributed by atoms with Gasteiger partial charge in [0.05, 0.1) is 29.8 Å². The number of nitrogens with one attached hydrogen (secondary N) is 1. The minimum Gasteiger partial charge on any atom is -0.389 e. The first-order chi connectivity index (χ1) is 20.6. The number of hydrogen-bond donors (Lipinski definition) is 2. The predicted molar refractivity (Wildman–Crippen MR) is 166 cm³/mol. The van der Waals surface area contributed by atoms with E-state index in [1.54, 1.807) is 24.3 Å². The molecule has 1 saturated heterocycles. The van der Waals surface area contributed by atoms with Gasteiger partial charge in [-0.3, -0.25) is 9.47 Å². The van der Waals surface area contributed by atoms with E-state index in [0.29, 0.717) is 61.5 Å². The van der Waals surface area contributed by atoms with Gasteiger partial charge in [0, 0.05) is 37.8 Å². The number of anilines is 2. The van der Waals surface area contributed by atoms with Crippen molar-refractivity contribution in [1.82, 2.24) is 24.4 Å². The molecule has 9 nitrogen and oxygen atoms in total. The molecule has 0 atom stereocenters. The molecule has 2 N–H and O–H groups in total. The maximum absolute atomic E-state index is 14.2. The monoisotopic (exact) mass is 599 g/mol. The molecule has 4 aliphatic rings. The van der Waals surface area contributed by atoms with Crippen LogP contribution < -0.4 is 10.2 Å². The molecule has 2 bridgehead atoms. The highest BCUT2D eigenvalue weighted by atomic mass is 19.3. The Kier molecular flexibility index (Phi) is 9.25. The van der Waals surface area contributed by atoms with Gasteiger partial charge in [0.1, 0.15) is 11.6 Å². The maximum atomic E-state index is 14.2. The first kappa shape index (κ1) is 31.5. The lowest BCUT2D eigenvalue weighted by Gasteiger charge is -2.57. The zero-order chi connectivity index (χ0) is 30.8. The SMILES string of the molecule is CC.CN(CC(C)(C)O)C12CCC(CNc3nc(N4CCOCC4)cc(-n4c(C(F)F)nc5ccccc54)n3)(CC1)CC2. The van der Waals surface area contributed by atoms with Crippen molar-refractivity contribution in [3.63, 3.8) is 0 Å². The largest absolute Gasteiger partial charge is 0.389 e. The molecule has 0 spiro atoms. The summed E-state index contributed by atoms with van der Waals surface area (Å²) in [7, 11) is 2.15. The summed E-state index contributed by atoms with van der Waals surface area (Å²) in [6.07, 6.45) is 3.81. The van der Waals surface area contributed by atoms with Crippen LogP contribution in [0.25, 0.3) is 16.9 Å². The van der Waals surface area contributed by atoms with Crippen LogP contribution in [0.3, 0.4) is 0 Å². The molecule has 43 heavy (non-hydrogen) atoms. The van der Waals surface area contributed by atoms with Gasteiger partial charge in [-0.1, -0.05) is 26.0 Å². The Bertz CT molecular complexity index is 1360. The first-order valence-electron chi connectivity index (χ1n) is 15.7. The summed E-state index contributed by atoms with van der Waals surface area (Å²) in [5.74, 6) is 1.19. The molecule has 3 aromatic rings. The molecule has 1 aliphatic heterocycles. The van der Waals surface area contributed by atoms with Crippen LogP contribution in [0.15, 0.2) is 30.3 Å². The summed E-state index contributed by atoms with van der Waals surface area (Å²) < 4.78 is 35.4. The zero-order valence-corrected chi connectivity index (χ0v) is 26.2. The van der Waals surface area contributed by atoms with Gasteiger partial charge in [-0.2, -0.15) is 9.97 Å². The van der Waals surface area contributed by atoms with E-state index in [-0.39, 0.29) is 16.8 Å². The highest BCUT2D eigenvalue weighted by molar-refractivity contribution is 5.78. The average molecular weight is 600 g/mol. The van der Waals surface area contributed by atoms with Gasteiger partial charge in [-0.15, -0.1) is 0 Å². The number of alkyl halides is 2. The van der Waals surface area contributed by atoms with Crippen molar-refractivity contribution >= 4 is 22.8 Å². The fourth-order valence-corrected chi connectivity index (χ4v) is 7.10. The van der Waals surface area contributed by atoms with E-state index in [2.05, 4.69) is 27.1 Å². The molecule has 1 aromatic carbocycles. The molecule has 2 aromatic heterocycles. The summed E-state index contributed by atoms with van der Waals surface area (Å²) in [6.45, 7) is 11.7. The normalized spacial score (nSPS) is 24.0. The average Bonchev–Trinajstić information content (AvgIpc) is 3.42. The Balaban J connectivity index is 0.00000180. The summed E-state index contributed by atoms with van der Waals surface area (Å²) in [5.41, 5.74) is 0.666. The first-order valence-corrected chi connectivity index (χ1v) is 15.7. The van der Waals surface area contributed by atoms with Gasteiger partial charge in [-0.25, -0.2) is 13.8 Å². The van der Waals surface area contributed by atoms with Crippen LogP contribution >= 0.6 is 0 Å². The van der Waals surface area contributed by atoms with Gasteiger partial charge in [0.2, 0.25) is 5.95 Å². The molecule has 0 unspecified atom stereocenters. The lowest BCUT2D eigenvalue weighted by Crippen LogP contribution is -2.59. The van der Waals surface area contributed by atoms with Crippen LogP contribution in [0.5, 0.6) is 0 Å². The second kappa shape index (κ2) is 12.6. The van der Waals surface area contributed by atoms with Crippen LogP contribution in [0.1, 0.15) is 78.5 Å². The number of imidazole rings is 1. The van der Waals surface area contributed by atoms with Gasteiger partial charge < -0.3 is 20.1 Å². The lowest BCUT2D eigenvalue weighted by atomic mass is 9.56. The summed E-state index contributed by atoms with van der Waals surface area (Å²) >= 11 is 0. The van der Waals surface area contributed by atoms with E-state index in [4.69, 9.17) is 14.7 Å². The summed E-state index contributed by atoms with van der Waals surface area (Å²) in [5, 5.41) is 13.9. The van der Waals surface area contributed by atoms with Crippen LogP contribution in [0.4, 0.5) is 20.5 Å². The number of benzene rings is 1. The standard InChI is InChI=1S/C30H41F2N7O2.C2H6/c1-28(2,40)20-37(3)30-11-8-29(9-12-30,10-13-30)19-33-27-35-23(38-14-16-41-17-15-38)18-24(36-27)39-22-7-5-4-6-21(22)34-26(39)25(31)32;1-2/h4-7,18,25,40H,8-17,19-20H2,1-3H3,(H,33,35,36);1-2H3. The minimum atomic E-state index is -2.75. The number of fused-ring (bicyclic) bond motifs is 4. The van der Waals surface area contributed by atoms with Crippen LogP contribution in [0, 0.1) is 5.41 Å². The number of aromatic nitrogens is 4. The summed E-state index contributed by atoms with van der Waals surface area (Å²) in [6, 6.07) is 8.94. The Morgan fingerprint density at radius 3 is 2.26 bits per heavy atom. The third-order valence-electron chi connectivity index (χ3n) is 9.46. The van der Waals surface area contributed by atoms with Crippen molar-refractivity contribution in [2.45, 2.75) is 83.8 Å². The third kappa shape index (κ3) is 6.63. The number of halogens is 2. The molecular formula is C32H47F2N7O2. The van der Waals surface area contributed by atoms with Crippen molar-refractivity contribution in [1.29, 1.82) is 0 Å². The third-order valence-corrected chi connectivity index (χ3v) is 9.46. The van der Waals surface area contributed by atoms with Crippen molar-refractivity contribution < 1.29 is 18.6 Å². The van der Waals surface area contributed by atoms with Crippen molar-refractivity contribution in [2.75, 3.05) is 56.7 Å². The number of hydrogen-bond acceptors (Lipinski definition) is 8. The number of morpholine rings is 1. The number of aliphatic hydroxyl groups is 1. The topological polar surface area (TPSA) is 91.6 Å². The van der Waals surface area contributed by atoms with E-state index in [1.165, 1.54) is 4.57 Å². The smallest absolute Gasteiger partial charge is 0.296 e. The second-order valence-corrected chi connectivity index (χ2v) is 12.8. The summed E-state index contributed by atoms with van der Waals surface area (Å²) in [4.78, 5) is 18.4. The number of para-hydroxylation sites is 2. The number of ether oxygens (including phenoxy) is 1. The van der Waals surface area contributed by atoms with E-state index >= 15 is 0 Å².